The number of carbonyl (C=O) groups is 2. The number of fused-ring (bicyclic) bond motifs is 1. The topological polar surface area (TPSA) is 124 Å². The van der Waals surface area contributed by atoms with Gasteiger partial charge in [0.15, 0.2) is 0 Å². The zero-order valence-electron chi connectivity index (χ0n) is 17.1. The summed E-state index contributed by atoms with van der Waals surface area (Å²) in [6.45, 7) is -0.312. The summed E-state index contributed by atoms with van der Waals surface area (Å²) in [6, 6.07) is 0.146. The molecule has 0 aliphatic carbocycles. The van der Waals surface area contributed by atoms with Crippen LogP contribution >= 0.6 is 11.3 Å². The maximum Gasteiger partial charge on any atom is 0.417 e. The van der Waals surface area contributed by atoms with Crippen molar-refractivity contribution in [1.29, 1.82) is 0 Å². The summed E-state index contributed by atoms with van der Waals surface area (Å²) in [6.07, 6.45) is -5.18. The lowest BCUT2D eigenvalue weighted by Crippen LogP contribution is -2.44. The summed E-state index contributed by atoms with van der Waals surface area (Å²) in [5, 5.41) is 24.1. The lowest BCUT2D eigenvalue weighted by Gasteiger charge is -2.33. The van der Waals surface area contributed by atoms with E-state index in [9.17, 15) is 22.8 Å². The number of halogens is 3. The minimum Gasteiger partial charge on any atom is -0.446 e. The fourth-order valence-electron chi connectivity index (χ4n) is 3.37. The molecule has 3 heterocycles. The number of alkyl carbamates (subject to hydrolysis) is 1. The van der Waals surface area contributed by atoms with Gasteiger partial charge in [0.05, 0.1) is 40.6 Å². The van der Waals surface area contributed by atoms with Crippen LogP contribution in [0.2, 0.25) is 0 Å². The van der Waals surface area contributed by atoms with Gasteiger partial charge in [0.25, 0.3) is 5.91 Å². The Kier molecular flexibility index (Phi) is 7.41. The van der Waals surface area contributed by atoms with E-state index in [2.05, 4.69) is 15.6 Å². The number of aliphatic hydroxyl groups excluding tert-OH is 2. The molecular formula is C19H23F3N4O5S. The predicted octanol–water partition coefficient (Wildman–Crippen LogP) is 1.72. The fourth-order valence-corrected chi connectivity index (χ4v) is 4.39. The molecular weight excluding hydrogens is 453 g/mol. The highest BCUT2D eigenvalue weighted by Gasteiger charge is 2.36. The van der Waals surface area contributed by atoms with Crippen molar-refractivity contribution in [1.82, 2.24) is 15.6 Å². The van der Waals surface area contributed by atoms with Crippen molar-refractivity contribution in [2.24, 2.45) is 0 Å². The van der Waals surface area contributed by atoms with Crippen molar-refractivity contribution in [2.45, 2.75) is 31.2 Å². The molecule has 0 atom stereocenters. The normalized spacial score (nSPS) is 15.3. The number of anilines is 1. The van der Waals surface area contributed by atoms with Crippen molar-refractivity contribution in [3.8, 4) is 0 Å². The molecule has 0 bridgehead atoms. The number of alkyl halides is 3. The lowest BCUT2D eigenvalue weighted by molar-refractivity contribution is -0.136. The summed E-state index contributed by atoms with van der Waals surface area (Å²) in [5.74, 6) is -0.423. The van der Waals surface area contributed by atoms with Gasteiger partial charge in [0, 0.05) is 38.4 Å². The van der Waals surface area contributed by atoms with Crippen molar-refractivity contribution in [3.05, 3.63) is 22.6 Å². The molecule has 0 unspecified atom stereocenters. The number of nitrogens with zero attached hydrogens (tertiary/aromatic N) is 2. The van der Waals surface area contributed by atoms with E-state index in [1.807, 2.05) is 0 Å². The van der Waals surface area contributed by atoms with Crippen LogP contribution in [0, 0.1) is 0 Å². The van der Waals surface area contributed by atoms with Gasteiger partial charge in [-0.2, -0.15) is 13.2 Å². The number of thiophene rings is 1. The second-order valence-corrected chi connectivity index (χ2v) is 8.11. The number of aliphatic hydroxyl groups is 2. The molecule has 32 heavy (non-hydrogen) atoms. The molecule has 2 amide bonds. The summed E-state index contributed by atoms with van der Waals surface area (Å²) in [4.78, 5) is 29.9. The van der Waals surface area contributed by atoms with Gasteiger partial charge in [-0.3, -0.25) is 4.79 Å². The number of ether oxygens (including phenoxy) is 1. The minimum absolute atomic E-state index is 0.00373. The molecule has 4 N–H and O–H groups in total. The molecule has 1 saturated heterocycles. The number of amides is 2. The maximum absolute atomic E-state index is 13.7. The van der Waals surface area contributed by atoms with Crippen LogP contribution < -0.4 is 15.5 Å². The van der Waals surface area contributed by atoms with Crippen LogP contribution in [0.4, 0.5) is 23.8 Å². The Labute approximate surface area is 185 Å². The van der Waals surface area contributed by atoms with Crippen LogP contribution in [-0.4, -0.2) is 72.7 Å². The lowest BCUT2D eigenvalue weighted by atomic mass is 10.1. The van der Waals surface area contributed by atoms with E-state index in [0.717, 1.165) is 17.4 Å². The monoisotopic (exact) mass is 476 g/mol. The van der Waals surface area contributed by atoms with Crippen molar-refractivity contribution in [2.75, 3.05) is 38.3 Å². The standard InChI is InChI=1S/C19H23F3N4O5S/c1-23-17(29)12-9-32-16-13(19(20,21)22)6-14(25-15(12)16)26-4-2-11(3-5-26)31-18(30)24-10(7-27)8-28/h6,9-11,27-28H,2-5,7-8H2,1H3,(H,23,29)(H,24,30). The number of pyridine rings is 1. The van der Waals surface area contributed by atoms with E-state index in [0.29, 0.717) is 12.8 Å². The van der Waals surface area contributed by atoms with Crippen molar-refractivity contribution < 1.29 is 37.7 Å². The van der Waals surface area contributed by atoms with Crippen LogP contribution in [0.3, 0.4) is 0 Å². The van der Waals surface area contributed by atoms with Crippen LogP contribution in [-0.2, 0) is 10.9 Å². The molecule has 0 spiro atoms. The van der Waals surface area contributed by atoms with Crippen LogP contribution in [0.25, 0.3) is 10.2 Å². The number of nitrogens with one attached hydrogen (secondary N) is 2. The second-order valence-electron chi connectivity index (χ2n) is 7.23. The van der Waals surface area contributed by atoms with Gasteiger partial charge < -0.3 is 30.5 Å². The number of piperidine rings is 1. The summed E-state index contributed by atoms with van der Waals surface area (Å²) in [7, 11) is 1.39. The Balaban J connectivity index is 1.77. The summed E-state index contributed by atoms with van der Waals surface area (Å²) < 4.78 is 46.2. The van der Waals surface area contributed by atoms with Gasteiger partial charge in [-0.05, 0) is 6.07 Å². The third-order valence-corrected chi connectivity index (χ3v) is 6.09. The Morgan fingerprint density at radius 2 is 1.97 bits per heavy atom. The maximum atomic E-state index is 13.7. The number of carbonyl (C=O) groups excluding carboxylic acids is 2. The average Bonchev–Trinajstić information content (AvgIpc) is 3.20. The number of hydrogen-bond donors (Lipinski definition) is 4. The molecule has 0 radical (unpaired) electrons. The van der Waals surface area contributed by atoms with E-state index in [4.69, 9.17) is 14.9 Å². The third-order valence-electron chi connectivity index (χ3n) is 5.09. The zero-order chi connectivity index (χ0) is 23.5. The van der Waals surface area contributed by atoms with Gasteiger partial charge in [-0.15, -0.1) is 11.3 Å². The Morgan fingerprint density at radius 3 is 2.53 bits per heavy atom. The van der Waals surface area contributed by atoms with Crippen molar-refractivity contribution >= 4 is 39.4 Å². The molecule has 1 fully saturated rings. The molecule has 13 heteroatoms. The molecule has 0 saturated carbocycles. The van der Waals surface area contributed by atoms with Gasteiger partial charge in [-0.25, -0.2) is 9.78 Å². The van der Waals surface area contributed by atoms with E-state index in [-0.39, 0.29) is 34.7 Å². The predicted molar refractivity (Wildman–Crippen MR) is 111 cm³/mol. The highest BCUT2D eigenvalue weighted by atomic mass is 32.1. The first kappa shape index (κ1) is 24.0. The molecule has 1 aliphatic rings. The van der Waals surface area contributed by atoms with Gasteiger partial charge in [0.1, 0.15) is 11.9 Å². The molecule has 2 aromatic rings. The van der Waals surface area contributed by atoms with Crippen LogP contribution in [0.15, 0.2) is 11.4 Å². The molecule has 0 aromatic carbocycles. The van der Waals surface area contributed by atoms with Crippen molar-refractivity contribution in [3.63, 3.8) is 0 Å². The molecule has 1 aliphatic heterocycles. The first-order chi connectivity index (χ1) is 15.2. The number of rotatable bonds is 6. The smallest absolute Gasteiger partial charge is 0.417 e. The Bertz CT molecular complexity index is 972. The van der Waals surface area contributed by atoms with Crippen LogP contribution in [0.1, 0.15) is 28.8 Å². The van der Waals surface area contributed by atoms with Gasteiger partial charge >= 0.3 is 12.3 Å². The first-order valence-corrected chi connectivity index (χ1v) is 10.7. The molecule has 2 aromatic heterocycles. The minimum atomic E-state index is -4.61. The molecule has 176 valence electrons. The third kappa shape index (κ3) is 5.22. The first-order valence-electron chi connectivity index (χ1n) is 9.83. The largest absolute Gasteiger partial charge is 0.446 e. The summed E-state index contributed by atoms with van der Waals surface area (Å²) in [5.41, 5.74) is -0.775. The second kappa shape index (κ2) is 9.88. The van der Waals surface area contributed by atoms with E-state index in [1.165, 1.54) is 12.4 Å². The fraction of sp³-hybridized carbons (Fsp3) is 0.526. The average molecular weight is 476 g/mol. The number of hydrogen-bond acceptors (Lipinski definition) is 8. The Hall–Kier alpha value is -2.64. The van der Waals surface area contributed by atoms with E-state index in [1.54, 1.807) is 4.90 Å². The highest BCUT2D eigenvalue weighted by Crippen LogP contribution is 2.40. The SMILES string of the molecule is CNC(=O)c1csc2c(C(F)(F)F)cc(N3CCC(OC(=O)NC(CO)CO)CC3)nc12. The highest BCUT2D eigenvalue weighted by molar-refractivity contribution is 7.17. The Morgan fingerprint density at radius 1 is 1.31 bits per heavy atom. The molecule has 9 nitrogen and oxygen atoms in total. The quantitative estimate of drug-likeness (QED) is 0.501. The molecule has 3 rings (SSSR count). The van der Waals surface area contributed by atoms with Crippen LogP contribution in [0.5, 0.6) is 0 Å². The van der Waals surface area contributed by atoms with Gasteiger partial charge in [0.2, 0.25) is 0 Å². The van der Waals surface area contributed by atoms with E-state index >= 15 is 0 Å². The van der Waals surface area contributed by atoms with E-state index < -0.39 is 49.1 Å². The van der Waals surface area contributed by atoms with Gasteiger partial charge in [-0.1, -0.05) is 0 Å². The number of aromatic nitrogens is 1. The summed E-state index contributed by atoms with van der Waals surface area (Å²) >= 11 is 0.820. The zero-order valence-corrected chi connectivity index (χ0v) is 17.9.